The van der Waals surface area contributed by atoms with Crippen molar-refractivity contribution in [3.05, 3.63) is 35.1 Å². The molecule has 0 radical (unpaired) electrons. The van der Waals surface area contributed by atoms with Gasteiger partial charge in [0.1, 0.15) is 24.3 Å². The number of piperidine rings is 1. The molecule has 1 aliphatic heterocycles. The summed E-state index contributed by atoms with van der Waals surface area (Å²) in [6.45, 7) is 0.804. The van der Waals surface area contributed by atoms with Gasteiger partial charge in [0, 0.05) is 18.2 Å². The minimum absolute atomic E-state index is 0.0307. The highest BCUT2D eigenvalue weighted by atomic mass is 16.4. The number of carboxylic acid groups (broad SMARTS) is 1. The molecular weight excluding hydrogens is 254 g/mol. The highest BCUT2D eigenvalue weighted by molar-refractivity contribution is 5.69. The topological polar surface area (TPSA) is 88.1 Å². The van der Waals surface area contributed by atoms with Crippen molar-refractivity contribution < 1.29 is 9.90 Å². The van der Waals surface area contributed by atoms with E-state index in [-0.39, 0.29) is 18.0 Å². The fraction of sp³-hybridized carbons (Fsp3) is 0.400. The lowest BCUT2D eigenvalue weighted by atomic mass is 9.84. The summed E-state index contributed by atoms with van der Waals surface area (Å²) in [5.41, 5.74) is 2.12. The summed E-state index contributed by atoms with van der Waals surface area (Å²) in [5.74, 6) is -0.532. The van der Waals surface area contributed by atoms with Gasteiger partial charge in [-0.25, -0.2) is 0 Å². The molecule has 2 rings (SSSR count). The Balaban J connectivity index is 2.21. The first-order chi connectivity index (χ1) is 9.63. The zero-order valence-corrected chi connectivity index (χ0v) is 11.0. The molecule has 1 aliphatic carbocycles. The van der Waals surface area contributed by atoms with E-state index in [4.69, 9.17) is 15.6 Å². The van der Waals surface area contributed by atoms with Crippen molar-refractivity contribution in [2.75, 3.05) is 13.1 Å². The molecule has 1 saturated heterocycles. The number of carboxylic acids is 1. The molecule has 5 nitrogen and oxygen atoms in total. The number of nitriles is 2. The van der Waals surface area contributed by atoms with Gasteiger partial charge in [0.15, 0.2) is 0 Å². The average molecular weight is 269 g/mol. The van der Waals surface area contributed by atoms with E-state index in [1.807, 2.05) is 29.2 Å². The molecule has 5 heteroatoms. The Bertz CT molecular complexity index is 571. The zero-order chi connectivity index (χ0) is 14.5. The molecule has 0 aromatic rings. The molecule has 0 spiro atoms. The van der Waals surface area contributed by atoms with Crippen LogP contribution in [-0.4, -0.2) is 29.1 Å². The minimum atomic E-state index is -0.822. The second-order valence-corrected chi connectivity index (χ2v) is 4.97. The molecule has 0 bridgehead atoms. The third-order valence-electron chi connectivity index (χ3n) is 3.61. The van der Waals surface area contributed by atoms with Gasteiger partial charge >= 0.3 is 5.97 Å². The predicted molar refractivity (Wildman–Crippen MR) is 72.0 cm³/mol. The van der Waals surface area contributed by atoms with E-state index in [2.05, 4.69) is 0 Å². The standard InChI is InChI=1S/C15H15N3O2/c16-8-12(9-17)6-11-3-4-14-13(7-11)2-1-5-18(14)10-15(19)20/h3-4,6,13H,1-2,5,7,10H2,(H,19,20). The van der Waals surface area contributed by atoms with Crippen LogP contribution in [-0.2, 0) is 4.79 Å². The fourth-order valence-electron chi connectivity index (χ4n) is 2.77. The largest absolute Gasteiger partial charge is 0.480 e. The number of carbonyl (C=O) groups is 1. The first-order valence-corrected chi connectivity index (χ1v) is 6.53. The minimum Gasteiger partial charge on any atom is -0.480 e. The van der Waals surface area contributed by atoms with Gasteiger partial charge in [-0.15, -0.1) is 0 Å². The smallest absolute Gasteiger partial charge is 0.323 e. The summed E-state index contributed by atoms with van der Waals surface area (Å²) in [6, 6.07) is 3.71. The number of rotatable bonds is 3. The highest BCUT2D eigenvalue weighted by Gasteiger charge is 2.28. The Morgan fingerprint density at radius 1 is 1.45 bits per heavy atom. The Hall–Kier alpha value is -2.53. The van der Waals surface area contributed by atoms with Gasteiger partial charge in [0.25, 0.3) is 0 Å². The Morgan fingerprint density at radius 2 is 2.20 bits per heavy atom. The van der Waals surface area contributed by atoms with Gasteiger partial charge in [-0.2, -0.15) is 10.5 Å². The van der Waals surface area contributed by atoms with E-state index < -0.39 is 5.97 Å². The molecule has 20 heavy (non-hydrogen) atoms. The van der Waals surface area contributed by atoms with Gasteiger partial charge < -0.3 is 10.0 Å². The third-order valence-corrected chi connectivity index (χ3v) is 3.61. The SMILES string of the molecule is N#CC(C#N)=CC1=CC=C2C(CCCN2CC(=O)O)C1. The average Bonchev–Trinajstić information content (AvgIpc) is 2.44. The van der Waals surface area contributed by atoms with Crippen LogP contribution in [0.2, 0.25) is 0 Å². The van der Waals surface area contributed by atoms with E-state index in [0.717, 1.165) is 37.1 Å². The molecule has 1 heterocycles. The lowest BCUT2D eigenvalue weighted by Crippen LogP contribution is -2.37. The van der Waals surface area contributed by atoms with Crippen LogP contribution < -0.4 is 0 Å². The molecule has 1 fully saturated rings. The maximum Gasteiger partial charge on any atom is 0.323 e. The monoisotopic (exact) mass is 269 g/mol. The van der Waals surface area contributed by atoms with E-state index in [1.165, 1.54) is 0 Å². The van der Waals surface area contributed by atoms with Gasteiger partial charge in [-0.1, -0.05) is 6.08 Å². The fourth-order valence-corrected chi connectivity index (χ4v) is 2.77. The van der Waals surface area contributed by atoms with Crippen LogP contribution >= 0.6 is 0 Å². The molecule has 0 aromatic carbocycles. The summed E-state index contributed by atoms with van der Waals surface area (Å²) in [4.78, 5) is 12.8. The molecule has 0 saturated carbocycles. The predicted octanol–water partition coefficient (Wildman–Crippen LogP) is 1.97. The second kappa shape index (κ2) is 6.08. The van der Waals surface area contributed by atoms with Crippen molar-refractivity contribution in [2.24, 2.45) is 5.92 Å². The van der Waals surface area contributed by atoms with Gasteiger partial charge in [-0.3, -0.25) is 4.79 Å². The molecule has 1 N–H and O–H groups in total. The summed E-state index contributed by atoms with van der Waals surface area (Å²) < 4.78 is 0. The maximum atomic E-state index is 10.9. The van der Waals surface area contributed by atoms with Crippen LogP contribution in [0.25, 0.3) is 0 Å². The number of aliphatic carboxylic acids is 1. The number of allylic oxidation sites excluding steroid dienone is 6. The van der Waals surface area contributed by atoms with Gasteiger partial charge in [-0.05, 0) is 37.0 Å². The second-order valence-electron chi connectivity index (χ2n) is 4.97. The van der Waals surface area contributed by atoms with Crippen molar-refractivity contribution >= 4 is 5.97 Å². The number of nitrogens with zero attached hydrogens (tertiary/aromatic N) is 3. The lowest BCUT2D eigenvalue weighted by Gasteiger charge is -2.38. The lowest BCUT2D eigenvalue weighted by molar-refractivity contribution is -0.138. The normalized spacial score (nSPS) is 20.7. The Labute approximate surface area is 117 Å². The van der Waals surface area contributed by atoms with Crippen molar-refractivity contribution in [3.63, 3.8) is 0 Å². The number of hydrogen-bond donors (Lipinski definition) is 1. The Morgan fingerprint density at radius 3 is 2.85 bits per heavy atom. The van der Waals surface area contributed by atoms with Crippen molar-refractivity contribution in [3.8, 4) is 12.1 Å². The van der Waals surface area contributed by atoms with Gasteiger partial charge in [0.2, 0.25) is 0 Å². The highest BCUT2D eigenvalue weighted by Crippen LogP contribution is 2.35. The first-order valence-electron chi connectivity index (χ1n) is 6.53. The molecule has 102 valence electrons. The molecule has 1 unspecified atom stereocenters. The van der Waals surface area contributed by atoms with Crippen LogP contribution in [0.4, 0.5) is 0 Å². The van der Waals surface area contributed by atoms with Crippen molar-refractivity contribution in [1.82, 2.24) is 4.90 Å². The van der Waals surface area contributed by atoms with E-state index in [0.29, 0.717) is 0 Å². The summed E-state index contributed by atoms with van der Waals surface area (Å²) in [5, 5.41) is 26.5. The summed E-state index contributed by atoms with van der Waals surface area (Å²) >= 11 is 0. The molecule has 0 aromatic heterocycles. The number of fused-ring (bicyclic) bond motifs is 1. The van der Waals surface area contributed by atoms with E-state index in [9.17, 15) is 4.79 Å². The van der Waals surface area contributed by atoms with Crippen molar-refractivity contribution in [1.29, 1.82) is 10.5 Å². The van der Waals surface area contributed by atoms with Crippen LogP contribution in [0.5, 0.6) is 0 Å². The van der Waals surface area contributed by atoms with E-state index in [1.54, 1.807) is 6.08 Å². The van der Waals surface area contributed by atoms with Crippen LogP contribution in [0.3, 0.4) is 0 Å². The Kier molecular flexibility index (Phi) is 4.22. The maximum absolute atomic E-state index is 10.9. The quantitative estimate of drug-likeness (QED) is 0.791. The van der Waals surface area contributed by atoms with Crippen LogP contribution in [0.1, 0.15) is 19.3 Å². The zero-order valence-electron chi connectivity index (χ0n) is 11.0. The number of hydrogen-bond acceptors (Lipinski definition) is 4. The summed E-state index contributed by atoms with van der Waals surface area (Å²) in [7, 11) is 0. The molecule has 0 amide bonds. The van der Waals surface area contributed by atoms with Crippen LogP contribution in [0, 0.1) is 28.6 Å². The summed E-state index contributed by atoms with van der Waals surface area (Å²) in [6.07, 6.45) is 8.16. The number of likely N-dealkylation sites (tertiary alicyclic amines) is 1. The first kappa shape index (κ1) is 13.9. The van der Waals surface area contributed by atoms with Crippen molar-refractivity contribution in [2.45, 2.75) is 19.3 Å². The molecule has 2 aliphatic rings. The molecule has 1 atom stereocenters. The third kappa shape index (κ3) is 3.07. The molecular formula is C15H15N3O2. The van der Waals surface area contributed by atoms with E-state index >= 15 is 0 Å². The van der Waals surface area contributed by atoms with Gasteiger partial charge in [0.05, 0.1) is 0 Å². The van der Waals surface area contributed by atoms with Crippen LogP contribution in [0.15, 0.2) is 35.1 Å².